The summed E-state index contributed by atoms with van der Waals surface area (Å²) in [5.41, 5.74) is -0.260. The molecule has 0 atom stereocenters. The predicted octanol–water partition coefficient (Wildman–Crippen LogP) is 2.29. The topological polar surface area (TPSA) is 59.3 Å². The minimum Gasteiger partial charge on any atom is -0.454 e. The van der Waals surface area contributed by atoms with Crippen LogP contribution in [0.3, 0.4) is 0 Å². The molecule has 0 unspecified atom stereocenters. The van der Waals surface area contributed by atoms with Crippen LogP contribution in [0.15, 0.2) is 18.2 Å². The maximum atomic E-state index is 12.3. The molecular formula is C13H11NO3. The number of rotatable bonds is 2. The van der Waals surface area contributed by atoms with Crippen LogP contribution in [0.2, 0.25) is 0 Å². The van der Waals surface area contributed by atoms with Gasteiger partial charge in [0.05, 0.1) is 6.07 Å². The van der Waals surface area contributed by atoms with E-state index in [0.717, 1.165) is 6.42 Å². The van der Waals surface area contributed by atoms with Crippen molar-refractivity contribution in [3.8, 4) is 17.6 Å². The van der Waals surface area contributed by atoms with Crippen molar-refractivity contribution in [3.05, 3.63) is 23.8 Å². The summed E-state index contributed by atoms with van der Waals surface area (Å²) in [5.74, 6) is 1.15. The molecule has 1 fully saturated rings. The maximum absolute atomic E-state index is 12.3. The molecular weight excluding hydrogens is 218 g/mol. The van der Waals surface area contributed by atoms with E-state index >= 15 is 0 Å². The van der Waals surface area contributed by atoms with Gasteiger partial charge in [-0.3, -0.25) is 4.79 Å². The highest BCUT2D eigenvalue weighted by Gasteiger charge is 2.45. The smallest absolute Gasteiger partial charge is 0.231 e. The Balaban J connectivity index is 1.95. The number of fused-ring (bicyclic) bond motifs is 1. The molecule has 1 aromatic carbocycles. The third-order valence-electron chi connectivity index (χ3n) is 3.49. The van der Waals surface area contributed by atoms with Gasteiger partial charge < -0.3 is 9.47 Å². The van der Waals surface area contributed by atoms with E-state index in [1.54, 1.807) is 18.2 Å². The van der Waals surface area contributed by atoms with Gasteiger partial charge in [-0.2, -0.15) is 5.26 Å². The van der Waals surface area contributed by atoms with E-state index in [1.165, 1.54) is 0 Å². The molecule has 3 rings (SSSR count). The molecule has 0 saturated heterocycles. The summed E-state index contributed by atoms with van der Waals surface area (Å²) in [6, 6.07) is 7.25. The van der Waals surface area contributed by atoms with Crippen LogP contribution >= 0.6 is 0 Å². The number of ether oxygens (including phenoxy) is 2. The Morgan fingerprint density at radius 3 is 2.71 bits per heavy atom. The lowest BCUT2D eigenvalue weighted by molar-refractivity contribution is 0.0748. The molecule has 0 bridgehead atoms. The quantitative estimate of drug-likeness (QED) is 0.730. The van der Waals surface area contributed by atoms with E-state index < -0.39 is 5.41 Å². The van der Waals surface area contributed by atoms with Crippen LogP contribution in [0.25, 0.3) is 0 Å². The molecule has 1 aliphatic carbocycles. The Kier molecular flexibility index (Phi) is 2.08. The Bertz CT molecular complexity index is 526. The molecule has 4 heteroatoms. The van der Waals surface area contributed by atoms with Crippen molar-refractivity contribution in [1.29, 1.82) is 5.26 Å². The van der Waals surface area contributed by atoms with Crippen molar-refractivity contribution in [2.24, 2.45) is 5.41 Å². The van der Waals surface area contributed by atoms with Crippen molar-refractivity contribution in [3.63, 3.8) is 0 Å². The average Bonchev–Trinajstić information content (AvgIpc) is 2.74. The molecule has 1 aromatic rings. The third-order valence-corrected chi connectivity index (χ3v) is 3.49. The van der Waals surface area contributed by atoms with Crippen LogP contribution in [-0.2, 0) is 0 Å². The van der Waals surface area contributed by atoms with Gasteiger partial charge in [0.1, 0.15) is 5.41 Å². The second kappa shape index (κ2) is 3.49. The lowest BCUT2D eigenvalue weighted by Crippen LogP contribution is -2.36. The van der Waals surface area contributed by atoms with E-state index in [0.29, 0.717) is 29.9 Å². The summed E-state index contributed by atoms with van der Waals surface area (Å²) in [4.78, 5) is 12.3. The zero-order valence-electron chi connectivity index (χ0n) is 9.23. The zero-order chi connectivity index (χ0) is 11.9. The molecule has 2 aliphatic rings. The lowest BCUT2D eigenvalue weighted by atomic mass is 9.65. The number of ketones is 1. The number of Topliss-reactive ketones (excluding diaryl/α,β-unsaturated/α-hetero) is 1. The number of hydrogen-bond acceptors (Lipinski definition) is 4. The number of carbonyl (C=O) groups is 1. The molecule has 1 heterocycles. The summed E-state index contributed by atoms with van der Waals surface area (Å²) in [6.45, 7) is 0.191. The minimum absolute atomic E-state index is 0.0930. The van der Waals surface area contributed by atoms with Gasteiger partial charge in [-0.05, 0) is 37.5 Å². The second-order valence-electron chi connectivity index (χ2n) is 4.44. The fourth-order valence-electron chi connectivity index (χ4n) is 2.23. The molecule has 0 radical (unpaired) electrons. The summed E-state index contributed by atoms with van der Waals surface area (Å²) >= 11 is 0. The average molecular weight is 229 g/mol. The number of carbonyl (C=O) groups excluding carboxylic acids is 1. The first-order valence-corrected chi connectivity index (χ1v) is 5.61. The predicted molar refractivity (Wildman–Crippen MR) is 58.8 cm³/mol. The number of nitrogens with zero attached hydrogens (tertiary/aromatic N) is 1. The number of hydrogen-bond donors (Lipinski definition) is 0. The van der Waals surface area contributed by atoms with Crippen LogP contribution in [-0.4, -0.2) is 12.6 Å². The van der Waals surface area contributed by atoms with Gasteiger partial charge in [-0.15, -0.1) is 0 Å². The molecule has 4 nitrogen and oxygen atoms in total. The van der Waals surface area contributed by atoms with Crippen LogP contribution in [0.5, 0.6) is 11.5 Å². The van der Waals surface area contributed by atoms with Gasteiger partial charge >= 0.3 is 0 Å². The highest BCUT2D eigenvalue weighted by Crippen LogP contribution is 2.44. The lowest BCUT2D eigenvalue weighted by Gasteiger charge is -2.33. The van der Waals surface area contributed by atoms with E-state index in [9.17, 15) is 4.79 Å². The van der Waals surface area contributed by atoms with E-state index in [1.807, 2.05) is 0 Å². The summed E-state index contributed by atoms with van der Waals surface area (Å²) in [5, 5.41) is 9.13. The largest absolute Gasteiger partial charge is 0.454 e. The van der Waals surface area contributed by atoms with Crippen LogP contribution in [0.4, 0.5) is 0 Å². The van der Waals surface area contributed by atoms with Crippen molar-refractivity contribution in [2.75, 3.05) is 6.79 Å². The Morgan fingerprint density at radius 2 is 2.06 bits per heavy atom. The molecule has 0 aromatic heterocycles. The van der Waals surface area contributed by atoms with Crippen LogP contribution in [0, 0.1) is 16.7 Å². The minimum atomic E-state index is -0.798. The Hall–Kier alpha value is -2.02. The fourth-order valence-corrected chi connectivity index (χ4v) is 2.23. The summed E-state index contributed by atoms with van der Waals surface area (Å²) in [7, 11) is 0. The van der Waals surface area contributed by atoms with E-state index in [-0.39, 0.29) is 12.6 Å². The highest BCUT2D eigenvalue weighted by atomic mass is 16.7. The first-order valence-electron chi connectivity index (χ1n) is 5.61. The monoisotopic (exact) mass is 229 g/mol. The van der Waals surface area contributed by atoms with Gasteiger partial charge in [-0.1, -0.05) is 0 Å². The first kappa shape index (κ1) is 10.2. The third kappa shape index (κ3) is 1.39. The van der Waals surface area contributed by atoms with Crippen LogP contribution < -0.4 is 9.47 Å². The molecule has 0 spiro atoms. The summed E-state index contributed by atoms with van der Waals surface area (Å²) < 4.78 is 10.4. The number of nitriles is 1. The molecule has 0 N–H and O–H groups in total. The van der Waals surface area contributed by atoms with E-state index in [2.05, 4.69) is 6.07 Å². The van der Waals surface area contributed by atoms with Gasteiger partial charge in [0.2, 0.25) is 6.79 Å². The van der Waals surface area contributed by atoms with Crippen LogP contribution in [0.1, 0.15) is 29.6 Å². The maximum Gasteiger partial charge on any atom is 0.231 e. The van der Waals surface area contributed by atoms with Crippen molar-refractivity contribution >= 4 is 5.78 Å². The fraction of sp³-hybridized carbons (Fsp3) is 0.385. The Morgan fingerprint density at radius 1 is 1.29 bits per heavy atom. The first-order chi connectivity index (χ1) is 8.25. The second-order valence-corrected chi connectivity index (χ2v) is 4.44. The molecule has 86 valence electrons. The molecule has 1 aliphatic heterocycles. The van der Waals surface area contributed by atoms with Gasteiger partial charge in [0, 0.05) is 5.56 Å². The van der Waals surface area contributed by atoms with Gasteiger partial charge in [0.15, 0.2) is 17.3 Å². The number of benzene rings is 1. The standard InChI is InChI=1S/C13H11NO3/c14-7-13(4-1-5-13)12(15)9-2-3-10-11(6-9)17-8-16-10/h2-3,6H,1,4-5,8H2. The molecule has 0 amide bonds. The SMILES string of the molecule is N#CC1(C(=O)c2ccc3c(c2)OCO3)CCC1. The van der Waals surface area contributed by atoms with Crippen molar-refractivity contribution in [2.45, 2.75) is 19.3 Å². The normalized spacial score (nSPS) is 19.2. The van der Waals surface area contributed by atoms with Crippen molar-refractivity contribution in [1.82, 2.24) is 0 Å². The Labute approximate surface area is 98.8 Å². The zero-order valence-corrected chi connectivity index (χ0v) is 9.23. The molecule has 17 heavy (non-hydrogen) atoms. The van der Waals surface area contributed by atoms with Gasteiger partial charge in [-0.25, -0.2) is 0 Å². The van der Waals surface area contributed by atoms with Gasteiger partial charge in [0.25, 0.3) is 0 Å². The molecule has 1 saturated carbocycles. The van der Waals surface area contributed by atoms with E-state index in [4.69, 9.17) is 14.7 Å². The highest BCUT2D eigenvalue weighted by molar-refractivity contribution is 6.03. The van der Waals surface area contributed by atoms with Crippen molar-refractivity contribution < 1.29 is 14.3 Å². The summed E-state index contributed by atoms with van der Waals surface area (Å²) in [6.07, 6.45) is 2.28.